The molecule has 3 nitrogen and oxygen atoms in total. The number of carbonyl (C=O) groups excluding carboxylic acids is 1. The van der Waals surface area contributed by atoms with Gasteiger partial charge in [0.2, 0.25) is 0 Å². The number of Topliss-reactive ketones (excluding diaryl/α,β-unsaturated/α-hetero) is 1. The highest BCUT2D eigenvalue weighted by atomic mass is 16.7. The monoisotopic (exact) mass is 186 g/mol. The summed E-state index contributed by atoms with van der Waals surface area (Å²) in [6, 6.07) is 0. The van der Waals surface area contributed by atoms with Crippen molar-refractivity contribution in [3.05, 3.63) is 0 Å². The molecule has 0 N–H and O–H groups in total. The first-order chi connectivity index (χ1) is 6.10. The summed E-state index contributed by atoms with van der Waals surface area (Å²) in [5, 5.41) is 0. The first-order valence-electron chi connectivity index (χ1n) is 4.88. The quantitative estimate of drug-likeness (QED) is 0.671. The summed E-state index contributed by atoms with van der Waals surface area (Å²) in [4.78, 5) is 11.0. The first-order valence-corrected chi connectivity index (χ1v) is 4.88. The van der Waals surface area contributed by atoms with Crippen LogP contribution in [0.3, 0.4) is 0 Å². The van der Waals surface area contributed by atoms with Gasteiger partial charge in [0.1, 0.15) is 5.78 Å². The molecule has 3 heteroatoms. The molecule has 13 heavy (non-hydrogen) atoms. The second-order valence-electron chi connectivity index (χ2n) is 3.67. The molecule has 0 aliphatic carbocycles. The number of ether oxygens (including phenoxy) is 2. The van der Waals surface area contributed by atoms with Crippen molar-refractivity contribution in [2.45, 2.75) is 39.4 Å². The first kappa shape index (κ1) is 10.7. The highest BCUT2D eigenvalue weighted by Crippen LogP contribution is 2.33. The van der Waals surface area contributed by atoms with E-state index in [0.29, 0.717) is 19.6 Å². The zero-order valence-electron chi connectivity index (χ0n) is 8.63. The van der Waals surface area contributed by atoms with Crippen LogP contribution >= 0.6 is 0 Å². The molecule has 1 saturated heterocycles. The van der Waals surface area contributed by atoms with E-state index in [2.05, 4.69) is 0 Å². The van der Waals surface area contributed by atoms with E-state index in [1.165, 1.54) is 0 Å². The molecule has 76 valence electrons. The van der Waals surface area contributed by atoms with E-state index in [1.807, 2.05) is 13.8 Å². The summed E-state index contributed by atoms with van der Waals surface area (Å²) in [7, 11) is 0. The topological polar surface area (TPSA) is 35.5 Å². The van der Waals surface area contributed by atoms with Gasteiger partial charge in [0.05, 0.1) is 13.2 Å². The van der Waals surface area contributed by atoms with Gasteiger partial charge < -0.3 is 14.3 Å². The second-order valence-corrected chi connectivity index (χ2v) is 3.67. The lowest BCUT2D eigenvalue weighted by atomic mass is 9.93. The summed E-state index contributed by atoms with van der Waals surface area (Å²) in [6.45, 7) is 6.94. The molecule has 0 saturated carbocycles. The molecule has 0 radical (unpaired) electrons. The molecule has 0 spiro atoms. The normalized spacial score (nSPS) is 23.0. The van der Waals surface area contributed by atoms with E-state index in [0.717, 1.165) is 6.42 Å². The van der Waals surface area contributed by atoms with Crippen LogP contribution in [0.5, 0.6) is 0 Å². The van der Waals surface area contributed by atoms with Crippen LogP contribution in [-0.2, 0) is 14.3 Å². The smallest absolute Gasteiger partial charge is 0.171 e. The van der Waals surface area contributed by atoms with Gasteiger partial charge in [0.15, 0.2) is 5.79 Å². The maximum absolute atomic E-state index is 11.0. The lowest BCUT2D eigenvalue weighted by molar-refractivity contribution is -0.195. The van der Waals surface area contributed by atoms with Crippen LogP contribution in [0.25, 0.3) is 0 Å². The van der Waals surface area contributed by atoms with Crippen molar-refractivity contribution in [1.82, 2.24) is 0 Å². The standard InChI is InChI=1S/C10H18O3/c1-4-10(12-5-6-13-10)8(2)7-9(3)11/h8H,4-7H2,1-3H3. The Bertz CT molecular complexity index is 183. The fourth-order valence-corrected chi connectivity index (χ4v) is 1.89. The van der Waals surface area contributed by atoms with Gasteiger partial charge in [0.25, 0.3) is 0 Å². The van der Waals surface area contributed by atoms with Gasteiger partial charge >= 0.3 is 0 Å². The molecule has 0 aromatic heterocycles. The zero-order chi connectivity index (χ0) is 9.90. The summed E-state index contributed by atoms with van der Waals surface area (Å²) in [6.07, 6.45) is 1.34. The van der Waals surface area contributed by atoms with Gasteiger partial charge in [-0.25, -0.2) is 0 Å². The molecular formula is C10H18O3. The van der Waals surface area contributed by atoms with Crippen LogP contribution < -0.4 is 0 Å². The van der Waals surface area contributed by atoms with Crippen LogP contribution in [0, 0.1) is 5.92 Å². The molecule has 0 aromatic carbocycles. The van der Waals surface area contributed by atoms with Crippen LogP contribution in [0.4, 0.5) is 0 Å². The lowest BCUT2D eigenvalue weighted by Crippen LogP contribution is -2.37. The fourth-order valence-electron chi connectivity index (χ4n) is 1.89. The molecule has 1 aliphatic heterocycles. The predicted molar refractivity (Wildman–Crippen MR) is 49.4 cm³/mol. The van der Waals surface area contributed by atoms with Gasteiger partial charge in [-0.15, -0.1) is 0 Å². The van der Waals surface area contributed by atoms with E-state index in [-0.39, 0.29) is 11.7 Å². The maximum Gasteiger partial charge on any atom is 0.171 e. The Morgan fingerprint density at radius 1 is 1.46 bits per heavy atom. The Morgan fingerprint density at radius 2 is 2.00 bits per heavy atom. The van der Waals surface area contributed by atoms with Gasteiger partial charge in [-0.1, -0.05) is 13.8 Å². The van der Waals surface area contributed by atoms with E-state index in [9.17, 15) is 4.79 Å². The van der Waals surface area contributed by atoms with E-state index >= 15 is 0 Å². The summed E-state index contributed by atoms with van der Waals surface area (Å²) in [5.41, 5.74) is 0. The third kappa shape index (κ3) is 2.29. The number of ketones is 1. The number of hydrogen-bond donors (Lipinski definition) is 0. The summed E-state index contributed by atoms with van der Waals surface area (Å²) < 4.78 is 11.2. The Morgan fingerprint density at radius 3 is 2.38 bits per heavy atom. The van der Waals surface area contributed by atoms with Crippen molar-refractivity contribution in [3.8, 4) is 0 Å². The molecule has 0 aromatic rings. The average Bonchev–Trinajstić information content (AvgIpc) is 2.51. The molecule has 1 rings (SSSR count). The Hall–Kier alpha value is -0.410. The van der Waals surface area contributed by atoms with Crippen LogP contribution in [-0.4, -0.2) is 24.8 Å². The largest absolute Gasteiger partial charge is 0.347 e. The molecule has 1 heterocycles. The lowest BCUT2D eigenvalue weighted by Gasteiger charge is -2.31. The van der Waals surface area contributed by atoms with E-state index < -0.39 is 5.79 Å². The average molecular weight is 186 g/mol. The van der Waals surface area contributed by atoms with Gasteiger partial charge in [-0.05, 0) is 13.3 Å². The molecular weight excluding hydrogens is 168 g/mol. The van der Waals surface area contributed by atoms with Crippen LogP contribution in [0.1, 0.15) is 33.6 Å². The highest BCUT2D eigenvalue weighted by molar-refractivity contribution is 5.75. The Labute approximate surface area is 79.4 Å². The number of carbonyl (C=O) groups is 1. The minimum Gasteiger partial charge on any atom is -0.347 e. The van der Waals surface area contributed by atoms with E-state index in [4.69, 9.17) is 9.47 Å². The van der Waals surface area contributed by atoms with Crippen molar-refractivity contribution in [1.29, 1.82) is 0 Å². The molecule has 1 aliphatic rings. The van der Waals surface area contributed by atoms with Crippen molar-refractivity contribution in [2.24, 2.45) is 5.92 Å². The van der Waals surface area contributed by atoms with Crippen LogP contribution in [0.2, 0.25) is 0 Å². The molecule has 1 fully saturated rings. The minimum atomic E-state index is -0.494. The van der Waals surface area contributed by atoms with Crippen molar-refractivity contribution >= 4 is 5.78 Å². The minimum absolute atomic E-state index is 0.150. The van der Waals surface area contributed by atoms with Crippen molar-refractivity contribution < 1.29 is 14.3 Å². The van der Waals surface area contributed by atoms with Crippen molar-refractivity contribution in [3.63, 3.8) is 0 Å². The molecule has 0 amide bonds. The SMILES string of the molecule is CCC1(C(C)CC(C)=O)OCCO1. The second kappa shape index (κ2) is 4.20. The van der Waals surface area contributed by atoms with Gasteiger partial charge in [0, 0.05) is 12.3 Å². The van der Waals surface area contributed by atoms with Gasteiger partial charge in [-0.3, -0.25) is 0 Å². The Kier molecular flexibility index (Phi) is 3.45. The van der Waals surface area contributed by atoms with Gasteiger partial charge in [-0.2, -0.15) is 0 Å². The van der Waals surface area contributed by atoms with Crippen LogP contribution in [0.15, 0.2) is 0 Å². The number of rotatable bonds is 4. The third-order valence-electron chi connectivity index (χ3n) is 2.61. The maximum atomic E-state index is 11.0. The predicted octanol–water partition coefficient (Wildman–Crippen LogP) is 1.75. The molecule has 1 unspecified atom stereocenters. The Balaban J connectivity index is 2.59. The summed E-state index contributed by atoms with van der Waals surface area (Å²) >= 11 is 0. The van der Waals surface area contributed by atoms with E-state index in [1.54, 1.807) is 6.92 Å². The fraction of sp³-hybridized carbons (Fsp3) is 0.900. The molecule has 1 atom stereocenters. The van der Waals surface area contributed by atoms with Crippen molar-refractivity contribution in [2.75, 3.05) is 13.2 Å². The highest BCUT2D eigenvalue weighted by Gasteiger charge is 2.40. The number of hydrogen-bond acceptors (Lipinski definition) is 3. The summed E-state index contributed by atoms with van der Waals surface area (Å²) in [5.74, 6) is -0.150. The molecule has 0 bridgehead atoms. The zero-order valence-corrected chi connectivity index (χ0v) is 8.63. The third-order valence-corrected chi connectivity index (χ3v) is 2.61.